The fourth-order valence-electron chi connectivity index (χ4n) is 4.13. The van der Waals surface area contributed by atoms with E-state index in [4.69, 9.17) is 4.99 Å². The van der Waals surface area contributed by atoms with Crippen LogP contribution in [0.5, 0.6) is 5.88 Å². The van der Waals surface area contributed by atoms with Crippen molar-refractivity contribution in [3.8, 4) is 5.88 Å². The van der Waals surface area contributed by atoms with E-state index in [9.17, 15) is 13.5 Å². The first-order valence-corrected chi connectivity index (χ1v) is 12.0. The zero-order valence-electron chi connectivity index (χ0n) is 17.4. The molecule has 1 aromatic heterocycles. The third kappa shape index (κ3) is 3.70. The third-order valence-electron chi connectivity index (χ3n) is 5.75. The number of aromatic hydroxyl groups is 1. The van der Waals surface area contributed by atoms with Crippen molar-refractivity contribution >= 4 is 32.3 Å². The number of rotatable bonds is 5. The van der Waals surface area contributed by atoms with Gasteiger partial charge < -0.3 is 10.1 Å². The lowest BCUT2D eigenvalue weighted by Crippen LogP contribution is -2.27. The molecule has 4 aromatic rings. The average Bonchev–Trinajstić information content (AvgIpc) is 3.47. The SMILES string of the molecule is O=S(=O)(c1ccc(N=C(c2ccccc2)c2c(O)[nH]c3ccccc23)cc1)N1CCCC1. The number of aromatic nitrogens is 1. The van der Waals surface area contributed by atoms with Gasteiger partial charge in [-0.05, 0) is 43.2 Å². The number of sulfonamides is 1. The molecule has 1 aliphatic rings. The molecule has 0 radical (unpaired) electrons. The Balaban J connectivity index is 1.60. The summed E-state index contributed by atoms with van der Waals surface area (Å²) in [6.07, 6.45) is 1.80. The van der Waals surface area contributed by atoms with E-state index in [0.29, 0.717) is 30.1 Å². The van der Waals surface area contributed by atoms with Crippen LogP contribution in [0.3, 0.4) is 0 Å². The average molecular weight is 446 g/mol. The molecular formula is C25H23N3O3S. The molecule has 1 aliphatic heterocycles. The van der Waals surface area contributed by atoms with Crippen molar-refractivity contribution in [1.29, 1.82) is 0 Å². The van der Waals surface area contributed by atoms with Crippen LogP contribution in [0.25, 0.3) is 10.9 Å². The van der Waals surface area contributed by atoms with Gasteiger partial charge in [-0.1, -0.05) is 48.5 Å². The van der Waals surface area contributed by atoms with E-state index in [1.165, 1.54) is 4.31 Å². The molecule has 3 aromatic carbocycles. The number of nitrogens with one attached hydrogen (secondary N) is 1. The molecule has 0 atom stereocenters. The van der Waals surface area contributed by atoms with Crippen molar-refractivity contribution < 1.29 is 13.5 Å². The van der Waals surface area contributed by atoms with Gasteiger partial charge in [0.15, 0.2) is 5.88 Å². The molecule has 2 N–H and O–H groups in total. The Bertz CT molecular complexity index is 1390. The first-order valence-electron chi connectivity index (χ1n) is 10.6. The number of aliphatic imine (C=N–C) groups is 1. The third-order valence-corrected chi connectivity index (χ3v) is 7.66. The Kier molecular flexibility index (Phi) is 5.28. The highest BCUT2D eigenvalue weighted by atomic mass is 32.2. The highest BCUT2D eigenvalue weighted by molar-refractivity contribution is 7.89. The number of para-hydroxylation sites is 1. The van der Waals surface area contributed by atoms with Crippen molar-refractivity contribution in [3.05, 3.63) is 90.0 Å². The first kappa shape index (κ1) is 20.5. The molecule has 32 heavy (non-hydrogen) atoms. The molecule has 7 heteroatoms. The van der Waals surface area contributed by atoms with Gasteiger partial charge in [-0.15, -0.1) is 0 Å². The molecule has 162 valence electrons. The number of H-pyrrole nitrogens is 1. The number of fused-ring (bicyclic) bond motifs is 1. The summed E-state index contributed by atoms with van der Waals surface area (Å²) >= 11 is 0. The highest BCUT2D eigenvalue weighted by Gasteiger charge is 2.27. The molecule has 0 unspecified atom stereocenters. The van der Waals surface area contributed by atoms with E-state index >= 15 is 0 Å². The van der Waals surface area contributed by atoms with E-state index in [1.807, 2.05) is 54.6 Å². The monoisotopic (exact) mass is 445 g/mol. The number of hydrogen-bond acceptors (Lipinski definition) is 4. The Morgan fingerprint density at radius 1 is 0.875 bits per heavy atom. The van der Waals surface area contributed by atoms with Gasteiger partial charge in [0.05, 0.1) is 21.9 Å². The van der Waals surface area contributed by atoms with Crippen LogP contribution in [0.15, 0.2) is 88.8 Å². The largest absolute Gasteiger partial charge is 0.494 e. The van der Waals surface area contributed by atoms with E-state index < -0.39 is 10.0 Å². The molecule has 0 saturated carbocycles. The highest BCUT2D eigenvalue weighted by Crippen LogP contribution is 2.32. The Morgan fingerprint density at radius 3 is 2.25 bits per heavy atom. The smallest absolute Gasteiger partial charge is 0.243 e. The molecule has 6 nitrogen and oxygen atoms in total. The second-order valence-electron chi connectivity index (χ2n) is 7.83. The van der Waals surface area contributed by atoms with Crippen LogP contribution in [0, 0.1) is 0 Å². The summed E-state index contributed by atoms with van der Waals surface area (Å²) in [7, 11) is -3.47. The molecule has 0 aliphatic carbocycles. The van der Waals surface area contributed by atoms with E-state index in [2.05, 4.69) is 4.98 Å². The summed E-state index contributed by atoms with van der Waals surface area (Å²) in [5.74, 6) is 0.0436. The van der Waals surface area contributed by atoms with Gasteiger partial charge in [-0.2, -0.15) is 4.31 Å². The minimum atomic E-state index is -3.47. The Labute approximate surface area is 186 Å². The zero-order valence-corrected chi connectivity index (χ0v) is 18.2. The molecule has 1 saturated heterocycles. The van der Waals surface area contributed by atoms with Crippen LogP contribution in [0.4, 0.5) is 5.69 Å². The summed E-state index contributed by atoms with van der Waals surface area (Å²) in [4.78, 5) is 8.12. The van der Waals surface area contributed by atoms with Gasteiger partial charge in [0.2, 0.25) is 10.0 Å². The molecular weight excluding hydrogens is 422 g/mol. The second kappa shape index (κ2) is 8.26. The number of benzene rings is 3. The van der Waals surface area contributed by atoms with Gasteiger partial charge in [0, 0.05) is 29.6 Å². The predicted octanol–water partition coefficient (Wildman–Crippen LogP) is 4.83. The van der Waals surface area contributed by atoms with Crippen LogP contribution >= 0.6 is 0 Å². The summed E-state index contributed by atoms with van der Waals surface area (Å²) in [5.41, 5.74) is 3.49. The van der Waals surface area contributed by atoms with E-state index in [-0.39, 0.29) is 10.8 Å². The minimum absolute atomic E-state index is 0.0436. The molecule has 0 bridgehead atoms. The van der Waals surface area contributed by atoms with Crippen LogP contribution in [-0.2, 0) is 10.0 Å². The molecule has 2 heterocycles. The Hall–Kier alpha value is -3.42. The lowest BCUT2D eigenvalue weighted by Gasteiger charge is -2.15. The Morgan fingerprint density at radius 2 is 1.53 bits per heavy atom. The fourth-order valence-corrected chi connectivity index (χ4v) is 5.64. The molecule has 1 fully saturated rings. The van der Waals surface area contributed by atoms with Gasteiger partial charge in [0.1, 0.15) is 0 Å². The number of aromatic amines is 1. The molecule has 0 amide bonds. The van der Waals surface area contributed by atoms with Crippen LogP contribution in [0.1, 0.15) is 24.0 Å². The van der Waals surface area contributed by atoms with Crippen molar-refractivity contribution in [2.24, 2.45) is 4.99 Å². The van der Waals surface area contributed by atoms with Crippen LogP contribution in [-0.4, -0.2) is 41.6 Å². The van der Waals surface area contributed by atoms with Crippen molar-refractivity contribution in [2.45, 2.75) is 17.7 Å². The second-order valence-corrected chi connectivity index (χ2v) is 9.76. The van der Waals surface area contributed by atoms with Gasteiger partial charge in [-0.3, -0.25) is 0 Å². The van der Waals surface area contributed by atoms with E-state index in [1.54, 1.807) is 24.3 Å². The summed E-state index contributed by atoms with van der Waals surface area (Å²) < 4.78 is 27.2. The summed E-state index contributed by atoms with van der Waals surface area (Å²) in [6.45, 7) is 1.14. The topological polar surface area (TPSA) is 85.8 Å². The normalized spacial score (nSPS) is 15.4. The quantitative estimate of drug-likeness (QED) is 0.432. The number of hydrogen-bond donors (Lipinski definition) is 2. The summed E-state index contributed by atoms with van der Waals surface area (Å²) in [6, 6.07) is 23.9. The zero-order chi connectivity index (χ0) is 22.1. The van der Waals surface area contributed by atoms with Gasteiger partial charge in [-0.25, -0.2) is 13.4 Å². The fraction of sp³-hybridized carbons (Fsp3) is 0.160. The van der Waals surface area contributed by atoms with Crippen molar-refractivity contribution in [3.63, 3.8) is 0 Å². The van der Waals surface area contributed by atoms with Gasteiger partial charge >= 0.3 is 0 Å². The first-order chi connectivity index (χ1) is 15.5. The van der Waals surface area contributed by atoms with Crippen molar-refractivity contribution in [1.82, 2.24) is 9.29 Å². The van der Waals surface area contributed by atoms with Crippen LogP contribution in [0.2, 0.25) is 0 Å². The van der Waals surface area contributed by atoms with Gasteiger partial charge in [0.25, 0.3) is 0 Å². The standard InChI is InChI=1S/C25H23N3O3S/c29-25-23(21-10-4-5-11-22(21)27-25)24(18-8-2-1-3-9-18)26-19-12-14-20(15-13-19)32(30,31)28-16-6-7-17-28/h1-5,8-15,27,29H,6-7,16-17H2. The lowest BCUT2D eigenvalue weighted by atomic mass is 10.0. The maximum Gasteiger partial charge on any atom is 0.243 e. The molecule has 5 rings (SSSR count). The lowest BCUT2D eigenvalue weighted by molar-refractivity contribution is 0.457. The minimum Gasteiger partial charge on any atom is -0.494 e. The maximum atomic E-state index is 12.8. The van der Waals surface area contributed by atoms with E-state index in [0.717, 1.165) is 29.3 Å². The predicted molar refractivity (Wildman–Crippen MR) is 126 cm³/mol. The maximum absolute atomic E-state index is 12.8. The summed E-state index contributed by atoms with van der Waals surface area (Å²) in [5, 5.41) is 11.6. The number of nitrogens with zero attached hydrogens (tertiary/aromatic N) is 2. The van der Waals surface area contributed by atoms with Crippen molar-refractivity contribution in [2.75, 3.05) is 13.1 Å². The van der Waals surface area contributed by atoms with Crippen LogP contribution < -0.4 is 0 Å². The molecule has 0 spiro atoms.